The third-order valence-electron chi connectivity index (χ3n) is 4.18. The first-order valence-electron chi connectivity index (χ1n) is 8.47. The van der Waals surface area contributed by atoms with Crippen LogP contribution in [-0.4, -0.2) is 36.3 Å². The van der Waals surface area contributed by atoms with Crippen molar-refractivity contribution >= 4 is 22.4 Å². The zero-order valence-electron chi connectivity index (χ0n) is 14.3. The second-order valence-electron chi connectivity index (χ2n) is 6.13. The average Bonchev–Trinajstić information content (AvgIpc) is 3.09. The minimum Gasteiger partial charge on any atom is -0.494 e. The van der Waals surface area contributed by atoms with Crippen LogP contribution in [0.2, 0.25) is 0 Å². The van der Waals surface area contributed by atoms with Crippen molar-refractivity contribution in [1.29, 1.82) is 0 Å². The van der Waals surface area contributed by atoms with E-state index in [0.29, 0.717) is 37.8 Å². The van der Waals surface area contributed by atoms with Crippen LogP contribution in [0.1, 0.15) is 26.2 Å². The molecule has 3 N–H and O–H groups in total. The van der Waals surface area contributed by atoms with E-state index in [1.54, 1.807) is 0 Å². The van der Waals surface area contributed by atoms with Crippen molar-refractivity contribution < 1.29 is 14.3 Å². The largest absolute Gasteiger partial charge is 0.494 e. The van der Waals surface area contributed by atoms with E-state index in [9.17, 15) is 4.79 Å². The number of nitrogens with two attached hydrogens (primary N) is 1. The fourth-order valence-corrected chi connectivity index (χ4v) is 3.30. The molecule has 0 saturated carbocycles. The molecule has 2 heterocycles. The Morgan fingerprint density at radius 1 is 1.36 bits per heavy atom. The zero-order valence-corrected chi connectivity index (χ0v) is 15.1. The van der Waals surface area contributed by atoms with E-state index in [0.717, 1.165) is 23.4 Å². The molecule has 0 bridgehead atoms. The molecule has 1 aromatic carbocycles. The Morgan fingerprint density at radius 3 is 2.76 bits per heavy atom. The summed E-state index contributed by atoms with van der Waals surface area (Å²) < 4.78 is 10.9. The molecule has 6 nitrogen and oxygen atoms in total. The average molecular weight is 361 g/mol. The van der Waals surface area contributed by atoms with Crippen LogP contribution in [0.3, 0.4) is 0 Å². The molecule has 1 amide bonds. The molecule has 0 radical (unpaired) electrons. The van der Waals surface area contributed by atoms with Gasteiger partial charge in [0.05, 0.1) is 12.3 Å². The maximum Gasteiger partial charge on any atom is 0.246 e. The second kappa shape index (κ2) is 7.95. The van der Waals surface area contributed by atoms with Gasteiger partial charge in [-0.15, -0.1) is 11.3 Å². The van der Waals surface area contributed by atoms with Gasteiger partial charge in [0.25, 0.3) is 0 Å². The highest BCUT2D eigenvalue weighted by Crippen LogP contribution is 2.28. The summed E-state index contributed by atoms with van der Waals surface area (Å²) >= 11 is 1.39. The van der Waals surface area contributed by atoms with E-state index in [1.165, 1.54) is 11.3 Å². The molecule has 134 valence electrons. The molecule has 7 heteroatoms. The summed E-state index contributed by atoms with van der Waals surface area (Å²) in [6.45, 7) is 3.81. The molecule has 0 unspecified atom stereocenters. The fourth-order valence-electron chi connectivity index (χ4n) is 2.59. The molecule has 1 saturated heterocycles. The molecule has 1 aliphatic heterocycles. The van der Waals surface area contributed by atoms with Gasteiger partial charge in [-0.2, -0.15) is 0 Å². The smallest absolute Gasteiger partial charge is 0.246 e. The number of ether oxygens (including phenoxy) is 2. The van der Waals surface area contributed by atoms with Gasteiger partial charge in [-0.25, -0.2) is 4.98 Å². The Kier molecular flexibility index (Phi) is 5.67. The number of hydrogen-bond donors (Lipinski definition) is 2. The Balaban J connectivity index is 1.64. The lowest BCUT2D eigenvalue weighted by Crippen LogP contribution is -2.54. The maximum atomic E-state index is 12.4. The van der Waals surface area contributed by atoms with Crippen LogP contribution in [0.25, 0.3) is 11.3 Å². The van der Waals surface area contributed by atoms with Crippen molar-refractivity contribution in [2.45, 2.75) is 31.7 Å². The Labute approximate surface area is 151 Å². The van der Waals surface area contributed by atoms with Crippen molar-refractivity contribution in [2.75, 3.05) is 25.1 Å². The number of amides is 1. The number of benzene rings is 1. The van der Waals surface area contributed by atoms with Crippen LogP contribution in [0, 0.1) is 0 Å². The lowest BCUT2D eigenvalue weighted by molar-refractivity contribution is -0.124. The summed E-state index contributed by atoms with van der Waals surface area (Å²) in [4.78, 5) is 16.9. The first-order chi connectivity index (χ1) is 12.1. The van der Waals surface area contributed by atoms with Crippen LogP contribution in [0.15, 0.2) is 29.6 Å². The van der Waals surface area contributed by atoms with Gasteiger partial charge in [0.2, 0.25) is 5.91 Å². The third kappa shape index (κ3) is 4.36. The van der Waals surface area contributed by atoms with E-state index in [-0.39, 0.29) is 5.91 Å². The van der Waals surface area contributed by atoms with Crippen LogP contribution < -0.4 is 15.8 Å². The summed E-state index contributed by atoms with van der Waals surface area (Å²) in [6.07, 6.45) is 2.03. The Hall–Kier alpha value is -1.96. The summed E-state index contributed by atoms with van der Waals surface area (Å²) in [7, 11) is 0. The lowest BCUT2D eigenvalue weighted by atomic mass is 9.90. The van der Waals surface area contributed by atoms with Crippen LogP contribution in [0.5, 0.6) is 5.75 Å². The Morgan fingerprint density at radius 2 is 2.08 bits per heavy atom. The molecular weight excluding hydrogens is 338 g/mol. The van der Waals surface area contributed by atoms with Crippen LogP contribution in [0.4, 0.5) is 5.13 Å². The van der Waals surface area contributed by atoms with Gasteiger partial charge in [0.1, 0.15) is 11.3 Å². The summed E-state index contributed by atoms with van der Waals surface area (Å²) in [6, 6.07) is 7.79. The highest BCUT2D eigenvalue weighted by Gasteiger charge is 2.36. The highest BCUT2D eigenvalue weighted by atomic mass is 32.1. The van der Waals surface area contributed by atoms with Gasteiger partial charge in [-0.3, -0.25) is 4.79 Å². The number of nitrogens with zero attached hydrogens (tertiary/aromatic N) is 1. The van der Waals surface area contributed by atoms with Gasteiger partial charge < -0.3 is 20.5 Å². The molecule has 3 rings (SSSR count). The first-order valence-corrected chi connectivity index (χ1v) is 9.35. The molecule has 1 aromatic heterocycles. The minimum atomic E-state index is -0.873. The molecule has 1 aliphatic rings. The van der Waals surface area contributed by atoms with Crippen LogP contribution in [-0.2, 0) is 9.53 Å². The topological polar surface area (TPSA) is 86.5 Å². The zero-order chi connectivity index (χ0) is 17.7. The molecule has 2 aromatic rings. The number of anilines is 1. The lowest BCUT2D eigenvalue weighted by Gasteiger charge is -2.31. The van der Waals surface area contributed by atoms with Crippen molar-refractivity contribution in [1.82, 2.24) is 4.98 Å². The first kappa shape index (κ1) is 17.8. The van der Waals surface area contributed by atoms with Crippen molar-refractivity contribution in [3.05, 3.63) is 29.6 Å². The summed E-state index contributed by atoms with van der Waals surface area (Å²) in [5, 5.41) is 5.32. The molecule has 1 fully saturated rings. The quantitative estimate of drug-likeness (QED) is 0.826. The SMILES string of the molecule is CCCOc1ccc(-c2csc(NC(=O)C3(N)CCOCC3)n2)cc1. The highest BCUT2D eigenvalue weighted by molar-refractivity contribution is 7.14. The number of thiazole rings is 1. The molecule has 0 aliphatic carbocycles. The minimum absolute atomic E-state index is 0.194. The van der Waals surface area contributed by atoms with Gasteiger partial charge in [0.15, 0.2) is 5.13 Å². The molecule has 25 heavy (non-hydrogen) atoms. The second-order valence-corrected chi connectivity index (χ2v) is 6.99. The van der Waals surface area contributed by atoms with Crippen LogP contribution >= 0.6 is 11.3 Å². The number of carbonyl (C=O) groups is 1. The van der Waals surface area contributed by atoms with Gasteiger partial charge in [0, 0.05) is 24.2 Å². The Bertz CT molecular complexity index is 709. The van der Waals surface area contributed by atoms with Gasteiger partial charge in [-0.05, 0) is 43.5 Å². The predicted octanol–water partition coefficient (Wildman–Crippen LogP) is 3.05. The van der Waals surface area contributed by atoms with Crippen molar-refractivity contribution in [3.8, 4) is 17.0 Å². The number of aromatic nitrogens is 1. The van der Waals surface area contributed by atoms with E-state index < -0.39 is 5.54 Å². The standard InChI is InChI=1S/C18H23N3O3S/c1-2-9-24-14-5-3-13(4-6-14)15-12-25-17(20-15)21-16(22)18(19)7-10-23-11-8-18/h3-6,12H,2,7-11,19H2,1H3,(H,20,21,22). The van der Waals surface area contributed by atoms with Crippen molar-refractivity contribution in [2.24, 2.45) is 5.73 Å². The number of nitrogens with one attached hydrogen (secondary N) is 1. The van der Waals surface area contributed by atoms with E-state index in [1.807, 2.05) is 29.6 Å². The van der Waals surface area contributed by atoms with E-state index >= 15 is 0 Å². The predicted molar refractivity (Wildman–Crippen MR) is 98.9 cm³/mol. The fraction of sp³-hybridized carbons (Fsp3) is 0.444. The monoisotopic (exact) mass is 361 g/mol. The molecular formula is C18H23N3O3S. The number of carbonyl (C=O) groups excluding carboxylic acids is 1. The molecule has 0 spiro atoms. The maximum absolute atomic E-state index is 12.4. The normalized spacial score (nSPS) is 16.4. The number of hydrogen-bond acceptors (Lipinski definition) is 6. The van der Waals surface area contributed by atoms with Crippen molar-refractivity contribution in [3.63, 3.8) is 0 Å². The third-order valence-corrected chi connectivity index (χ3v) is 4.94. The van der Waals surface area contributed by atoms with E-state index in [4.69, 9.17) is 15.2 Å². The van der Waals surface area contributed by atoms with E-state index in [2.05, 4.69) is 17.2 Å². The van der Waals surface area contributed by atoms with Gasteiger partial charge >= 0.3 is 0 Å². The number of rotatable bonds is 6. The summed E-state index contributed by atoms with van der Waals surface area (Å²) in [5.74, 6) is 0.652. The molecule has 0 atom stereocenters. The van der Waals surface area contributed by atoms with Gasteiger partial charge in [-0.1, -0.05) is 6.92 Å². The summed E-state index contributed by atoms with van der Waals surface area (Å²) in [5.41, 5.74) is 7.12.